The summed E-state index contributed by atoms with van der Waals surface area (Å²) < 4.78 is 0. The SMILES string of the molecule is CCCCC1CCCN1C(=O)c1cccc(-c2ccc3nc[nH]c3c2)c1. The van der Waals surface area contributed by atoms with Gasteiger partial charge in [0.25, 0.3) is 5.91 Å². The van der Waals surface area contributed by atoms with Crippen LogP contribution in [0, 0.1) is 0 Å². The lowest BCUT2D eigenvalue weighted by Crippen LogP contribution is -2.35. The Kier molecular flexibility index (Phi) is 4.74. The van der Waals surface area contributed by atoms with Crippen molar-refractivity contribution in [2.24, 2.45) is 0 Å². The third kappa shape index (κ3) is 3.24. The predicted octanol–water partition coefficient (Wildman–Crippen LogP) is 5.02. The molecule has 1 saturated heterocycles. The van der Waals surface area contributed by atoms with E-state index in [0.717, 1.165) is 53.5 Å². The molecule has 1 N–H and O–H groups in total. The van der Waals surface area contributed by atoms with Crippen molar-refractivity contribution in [2.45, 2.75) is 45.1 Å². The number of hydrogen-bond acceptors (Lipinski definition) is 2. The van der Waals surface area contributed by atoms with E-state index in [1.165, 1.54) is 12.8 Å². The molecular weight excluding hydrogens is 322 g/mol. The molecule has 1 amide bonds. The molecule has 1 aliphatic heterocycles. The van der Waals surface area contributed by atoms with Gasteiger partial charge in [-0.05, 0) is 54.7 Å². The van der Waals surface area contributed by atoms with E-state index >= 15 is 0 Å². The summed E-state index contributed by atoms with van der Waals surface area (Å²) in [6.07, 6.45) is 7.47. The first kappa shape index (κ1) is 16.8. The highest BCUT2D eigenvalue weighted by atomic mass is 16.2. The highest BCUT2D eigenvalue weighted by Gasteiger charge is 2.28. The Balaban J connectivity index is 1.59. The Morgan fingerprint density at radius 3 is 3.00 bits per heavy atom. The minimum atomic E-state index is 0.174. The van der Waals surface area contributed by atoms with E-state index in [1.807, 2.05) is 24.3 Å². The number of H-pyrrole nitrogens is 1. The van der Waals surface area contributed by atoms with Gasteiger partial charge in [-0.3, -0.25) is 4.79 Å². The molecule has 1 aliphatic rings. The molecule has 0 radical (unpaired) electrons. The zero-order valence-electron chi connectivity index (χ0n) is 15.2. The average Bonchev–Trinajstić information content (AvgIpc) is 3.34. The van der Waals surface area contributed by atoms with E-state index in [0.29, 0.717) is 6.04 Å². The Labute approximate surface area is 154 Å². The first-order valence-electron chi connectivity index (χ1n) is 9.61. The Morgan fingerprint density at radius 2 is 2.12 bits per heavy atom. The van der Waals surface area contributed by atoms with E-state index < -0.39 is 0 Å². The molecule has 1 aromatic heterocycles. The van der Waals surface area contributed by atoms with Gasteiger partial charge in [0, 0.05) is 18.2 Å². The number of aromatic nitrogens is 2. The van der Waals surface area contributed by atoms with Crippen molar-refractivity contribution in [3.05, 3.63) is 54.4 Å². The standard InChI is InChI=1S/C22H25N3O/c1-2-3-8-19-9-5-12-25(19)22(26)18-7-4-6-16(13-18)17-10-11-20-21(14-17)24-15-23-20/h4,6-7,10-11,13-15,19H,2-3,5,8-9,12H2,1H3,(H,23,24). The quantitative estimate of drug-likeness (QED) is 0.704. The maximum Gasteiger partial charge on any atom is 0.254 e. The van der Waals surface area contributed by atoms with Crippen molar-refractivity contribution in [3.8, 4) is 11.1 Å². The minimum Gasteiger partial charge on any atom is -0.345 e. The molecule has 1 unspecified atom stereocenters. The lowest BCUT2D eigenvalue weighted by molar-refractivity contribution is 0.0729. The van der Waals surface area contributed by atoms with Crippen LogP contribution >= 0.6 is 0 Å². The fourth-order valence-electron chi connectivity index (χ4n) is 3.96. The number of carbonyl (C=O) groups excluding carboxylic acids is 1. The summed E-state index contributed by atoms with van der Waals surface area (Å²) >= 11 is 0. The summed E-state index contributed by atoms with van der Waals surface area (Å²) in [5, 5.41) is 0. The van der Waals surface area contributed by atoms with Gasteiger partial charge in [-0.2, -0.15) is 0 Å². The van der Waals surface area contributed by atoms with Crippen LogP contribution in [0.4, 0.5) is 0 Å². The van der Waals surface area contributed by atoms with Crippen LogP contribution in [0.25, 0.3) is 22.2 Å². The van der Waals surface area contributed by atoms with Gasteiger partial charge in [0.15, 0.2) is 0 Å². The van der Waals surface area contributed by atoms with Crippen LogP contribution in [0.2, 0.25) is 0 Å². The summed E-state index contributed by atoms with van der Waals surface area (Å²) in [6, 6.07) is 14.6. The van der Waals surface area contributed by atoms with Crippen LogP contribution in [0.15, 0.2) is 48.8 Å². The van der Waals surface area contributed by atoms with Crippen molar-refractivity contribution in [2.75, 3.05) is 6.54 Å². The van der Waals surface area contributed by atoms with Gasteiger partial charge in [0.05, 0.1) is 17.4 Å². The second-order valence-electron chi connectivity index (χ2n) is 7.15. The van der Waals surface area contributed by atoms with Gasteiger partial charge in [-0.15, -0.1) is 0 Å². The second-order valence-corrected chi connectivity index (χ2v) is 7.15. The molecule has 2 aromatic carbocycles. The maximum atomic E-state index is 13.1. The summed E-state index contributed by atoms with van der Waals surface area (Å²) in [6.45, 7) is 3.10. The zero-order chi connectivity index (χ0) is 17.9. The molecule has 1 atom stereocenters. The molecule has 0 aliphatic carbocycles. The van der Waals surface area contributed by atoms with Crippen molar-refractivity contribution < 1.29 is 4.79 Å². The highest BCUT2D eigenvalue weighted by molar-refractivity contribution is 5.96. The number of fused-ring (bicyclic) bond motifs is 1. The molecule has 0 saturated carbocycles. The molecule has 4 rings (SSSR count). The average molecular weight is 347 g/mol. The van der Waals surface area contributed by atoms with E-state index in [4.69, 9.17) is 0 Å². The van der Waals surface area contributed by atoms with Gasteiger partial charge in [0.2, 0.25) is 0 Å². The summed E-state index contributed by atoms with van der Waals surface area (Å²) in [5.41, 5.74) is 4.92. The summed E-state index contributed by atoms with van der Waals surface area (Å²) in [7, 11) is 0. The van der Waals surface area contributed by atoms with Crippen molar-refractivity contribution in [3.63, 3.8) is 0 Å². The molecule has 2 heterocycles. The molecule has 134 valence electrons. The number of amides is 1. The smallest absolute Gasteiger partial charge is 0.254 e. The molecule has 26 heavy (non-hydrogen) atoms. The number of aromatic amines is 1. The van der Waals surface area contributed by atoms with Gasteiger partial charge in [-0.1, -0.05) is 38.0 Å². The number of nitrogens with zero attached hydrogens (tertiary/aromatic N) is 2. The number of benzene rings is 2. The van der Waals surface area contributed by atoms with E-state index in [1.54, 1.807) is 6.33 Å². The van der Waals surface area contributed by atoms with E-state index in [9.17, 15) is 4.79 Å². The molecular formula is C22H25N3O. The predicted molar refractivity (Wildman–Crippen MR) is 105 cm³/mol. The van der Waals surface area contributed by atoms with Crippen LogP contribution in [0.3, 0.4) is 0 Å². The summed E-state index contributed by atoms with van der Waals surface area (Å²) in [5.74, 6) is 0.174. The molecule has 0 spiro atoms. The maximum absolute atomic E-state index is 13.1. The van der Waals surface area contributed by atoms with Gasteiger partial charge in [0.1, 0.15) is 0 Å². The minimum absolute atomic E-state index is 0.174. The van der Waals surface area contributed by atoms with Crippen LogP contribution < -0.4 is 0 Å². The van der Waals surface area contributed by atoms with Crippen molar-refractivity contribution in [1.29, 1.82) is 0 Å². The van der Waals surface area contributed by atoms with Gasteiger partial charge < -0.3 is 9.88 Å². The fourth-order valence-corrected chi connectivity index (χ4v) is 3.96. The normalized spacial score (nSPS) is 17.1. The van der Waals surface area contributed by atoms with Crippen LogP contribution in [-0.2, 0) is 0 Å². The number of rotatable bonds is 5. The van der Waals surface area contributed by atoms with Crippen LogP contribution in [0.1, 0.15) is 49.4 Å². The Bertz CT molecular complexity index is 914. The van der Waals surface area contributed by atoms with Crippen molar-refractivity contribution >= 4 is 16.9 Å². The summed E-state index contributed by atoms with van der Waals surface area (Å²) in [4.78, 5) is 22.6. The number of carbonyl (C=O) groups is 1. The third-order valence-corrected chi connectivity index (χ3v) is 5.39. The molecule has 0 bridgehead atoms. The molecule has 4 heteroatoms. The van der Waals surface area contributed by atoms with Crippen LogP contribution in [0.5, 0.6) is 0 Å². The lowest BCUT2D eigenvalue weighted by Gasteiger charge is -2.25. The molecule has 3 aromatic rings. The van der Waals surface area contributed by atoms with E-state index in [2.05, 4.69) is 40.0 Å². The number of hydrogen-bond donors (Lipinski definition) is 1. The number of imidazole rings is 1. The van der Waals surface area contributed by atoms with Gasteiger partial charge >= 0.3 is 0 Å². The zero-order valence-corrected chi connectivity index (χ0v) is 15.2. The molecule has 1 fully saturated rings. The van der Waals surface area contributed by atoms with Crippen molar-refractivity contribution in [1.82, 2.24) is 14.9 Å². The highest BCUT2D eigenvalue weighted by Crippen LogP contribution is 2.27. The van der Waals surface area contributed by atoms with Crippen LogP contribution in [-0.4, -0.2) is 33.4 Å². The number of likely N-dealkylation sites (tertiary alicyclic amines) is 1. The Hall–Kier alpha value is -2.62. The first-order chi connectivity index (χ1) is 12.8. The van der Waals surface area contributed by atoms with Gasteiger partial charge in [-0.25, -0.2) is 4.98 Å². The second kappa shape index (κ2) is 7.32. The Morgan fingerprint density at radius 1 is 1.23 bits per heavy atom. The number of nitrogens with one attached hydrogen (secondary N) is 1. The first-order valence-corrected chi connectivity index (χ1v) is 9.61. The third-order valence-electron chi connectivity index (χ3n) is 5.39. The topological polar surface area (TPSA) is 49.0 Å². The molecule has 4 nitrogen and oxygen atoms in total. The monoisotopic (exact) mass is 347 g/mol. The largest absolute Gasteiger partial charge is 0.345 e. The fraction of sp³-hybridized carbons (Fsp3) is 0.364. The number of unbranched alkanes of at least 4 members (excludes halogenated alkanes) is 1. The lowest BCUT2D eigenvalue weighted by atomic mass is 10.0. The van der Waals surface area contributed by atoms with E-state index in [-0.39, 0.29) is 5.91 Å².